The van der Waals surface area contributed by atoms with Gasteiger partial charge in [0.1, 0.15) is 0 Å². The summed E-state index contributed by atoms with van der Waals surface area (Å²) in [7, 11) is 0. The predicted molar refractivity (Wildman–Crippen MR) is 83.9 cm³/mol. The third-order valence-electron chi connectivity index (χ3n) is 3.70. The van der Waals surface area contributed by atoms with Gasteiger partial charge in [0.25, 0.3) is 0 Å². The minimum absolute atomic E-state index is 0.0253. The van der Waals surface area contributed by atoms with Gasteiger partial charge in [-0.2, -0.15) is 5.26 Å². The summed E-state index contributed by atoms with van der Waals surface area (Å²) in [6.45, 7) is 4.34. The molecule has 112 valence electrons. The number of anilines is 1. The van der Waals surface area contributed by atoms with Crippen molar-refractivity contribution in [1.29, 1.82) is 5.26 Å². The zero-order valence-corrected chi connectivity index (χ0v) is 12.6. The summed E-state index contributed by atoms with van der Waals surface area (Å²) in [4.78, 5) is 14.4. The molecule has 1 aromatic rings. The molecule has 1 aliphatic rings. The molecule has 0 aliphatic heterocycles. The first-order valence-electron chi connectivity index (χ1n) is 7.77. The van der Waals surface area contributed by atoms with E-state index in [1.807, 2.05) is 6.07 Å². The third-order valence-corrected chi connectivity index (χ3v) is 3.70. The van der Waals surface area contributed by atoms with Crippen LogP contribution in [0.3, 0.4) is 0 Å². The number of hydrogen-bond acceptors (Lipinski definition) is 3. The molecule has 0 radical (unpaired) electrons. The van der Waals surface area contributed by atoms with Crippen molar-refractivity contribution in [3.63, 3.8) is 0 Å². The van der Waals surface area contributed by atoms with Gasteiger partial charge in [0.2, 0.25) is 5.91 Å². The highest BCUT2D eigenvalue weighted by atomic mass is 16.1. The molecule has 1 aromatic carbocycles. The molecule has 1 N–H and O–H groups in total. The van der Waals surface area contributed by atoms with Crippen molar-refractivity contribution in [2.75, 3.05) is 18.4 Å². The van der Waals surface area contributed by atoms with Crippen molar-refractivity contribution in [3.05, 3.63) is 29.8 Å². The number of carbonyl (C=O) groups excluding carboxylic acids is 1. The van der Waals surface area contributed by atoms with Gasteiger partial charge in [0.15, 0.2) is 0 Å². The molecule has 0 unspecified atom stereocenters. The van der Waals surface area contributed by atoms with Crippen molar-refractivity contribution in [2.24, 2.45) is 0 Å². The Hall–Kier alpha value is -1.86. The van der Waals surface area contributed by atoms with E-state index in [0.717, 1.165) is 25.6 Å². The molecule has 1 fully saturated rings. The van der Waals surface area contributed by atoms with Crippen LogP contribution in [0.25, 0.3) is 0 Å². The Morgan fingerprint density at radius 3 is 2.90 bits per heavy atom. The monoisotopic (exact) mass is 285 g/mol. The van der Waals surface area contributed by atoms with Crippen LogP contribution in [0.4, 0.5) is 5.69 Å². The summed E-state index contributed by atoms with van der Waals surface area (Å²) in [5, 5.41) is 11.7. The maximum absolute atomic E-state index is 11.9. The van der Waals surface area contributed by atoms with Crippen molar-refractivity contribution < 1.29 is 4.79 Å². The van der Waals surface area contributed by atoms with E-state index in [1.165, 1.54) is 19.3 Å². The van der Waals surface area contributed by atoms with Crippen molar-refractivity contribution in [1.82, 2.24) is 4.90 Å². The molecule has 0 heterocycles. The van der Waals surface area contributed by atoms with E-state index in [0.29, 0.717) is 17.7 Å². The number of nitrogens with one attached hydrogen (secondary N) is 1. The fourth-order valence-electron chi connectivity index (χ4n) is 2.54. The molecule has 0 bridgehead atoms. The third kappa shape index (κ3) is 5.20. The van der Waals surface area contributed by atoms with Gasteiger partial charge in [0, 0.05) is 18.2 Å². The maximum Gasteiger partial charge on any atom is 0.224 e. The van der Waals surface area contributed by atoms with Gasteiger partial charge >= 0.3 is 0 Å². The summed E-state index contributed by atoms with van der Waals surface area (Å²) < 4.78 is 0. The Kier molecular flexibility index (Phi) is 5.77. The molecular weight excluding hydrogens is 262 g/mol. The molecule has 0 aromatic heterocycles. The Morgan fingerprint density at radius 1 is 1.43 bits per heavy atom. The van der Waals surface area contributed by atoms with Gasteiger partial charge < -0.3 is 10.2 Å². The van der Waals surface area contributed by atoms with E-state index in [1.54, 1.807) is 18.2 Å². The van der Waals surface area contributed by atoms with Gasteiger partial charge in [-0.1, -0.05) is 13.0 Å². The smallest absolute Gasteiger partial charge is 0.224 e. The summed E-state index contributed by atoms with van der Waals surface area (Å²) in [6, 6.07) is 9.86. The Labute approximate surface area is 126 Å². The Balaban J connectivity index is 1.72. The van der Waals surface area contributed by atoms with Crippen LogP contribution in [0.2, 0.25) is 0 Å². The van der Waals surface area contributed by atoms with Crippen molar-refractivity contribution in [3.8, 4) is 6.07 Å². The second-order valence-electron chi connectivity index (χ2n) is 5.61. The van der Waals surface area contributed by atoms with Crippen LogP contribution < -0.4 is 5.32 Å². The second-order valence-corrected chi connectivity index (χ2v) is 5.61. The van der Waals surface area contributed by atoms with Crippen LogP contribution >= 0.6 is 0 Å². The predicted octanol–water partition coefficient (Wildman–Crippen LogP) is 3.15. The summed E-state index contributed by atoms with van der Waals surface area (Å²) in [5.74, 6) is 0.0253. The molecular formula is C17H23N3O. The molecule has 0 spiro atoms. The molecule has 1 aliphatic carbocycles. The van der Waals surface area contributed by atoms with Crippen LogP contribution in [0.15, 0.2) is 24.3 Å². The van der Waals surface area contributed by atoms with Gasteiger partial charge in [0.05, 0.1) is 11.6 Å². The van der Waals surface area contributed by atoms with Gasteiger partial charge in [-0.15, -0.1) is 0 Å². The molecule has 2 rings (SSSR count). The van der Waals surface area contributed by atoms with Crippen molar-refractivity contribution >= 4 is 11.6 Å². The van der Waals surface area contributed by atoms with Crippen LogP contribution in [0.1, 0.15) is 44.6 Å². The van der Waals surface area contributed by atoms with E-state index in [4.69, 9.17) is 5.26 Å². The number of benzene rings is 1. The molecule has 0 saturated heterocycles. The van der Waals surface area contributed by atoms with E-state index in [-0.39, 0.29) is 5.91 Å². The van der Waals surface area contributed by atoms with Crippen LogP contribution in [0, 0.1) is 11.3 Å². The fraction of sp³-hybridized carbons (Fsp3) is 0.529. The average Bonchev–Trinajstić information content (AvgIpc) is 3.31. The lowest BCUT2D eigenvalue weighted by Crippen LogP contribution is -2.28. The standard InChI is InChI=1S/C17H23N3O/c1-2-10-20(16-8-9-16)11-4-7-17(21)19-15-6-3-5-14(12-15)13-18/h3,5-6,12,16H,2,4,7-11H2,1H3,(H,19,21). The van der Waals surface area contributed by atoms with Crippen LogP contribution in [-0.2, 0) is 4.79 Å². The number of rotatable bonds is 8. The van der Waals surface area contributed by atoms with E-state index >= 15 is 0 Å². The summed E-state index contributed by atoms with van der Waals surface area (Å²) in [6.07, 6.45) is 5.22. The largest absolute Gasteiger partial charge is 0.326 e. The highest BCUT2D eigenvalue weighted by Crippen LogP contribution is 2.27. The van der Waals surface area contributed by atoms with Crippen LogP contribution in [0.5, 0.6) is 0 Å². The van der Waals surface area contributed by atoms with Crippen LogP contribution in [-0.4, -0.2) is 29.9 Å². The number of carbonyl (C=O) groups is 1. The molecule has 0 atom stereocenters. The van der Waals surface area contributed by atoms with Crippen molar-refractivity contribution in [2.45, 2.75) is 45.1 Å². The Bertz CT molecular complexity index is 517. The van der Waals surface area contributed by atoms with Gasteiger partial charge in [-0.05, 0) is 57.0 Å². The van der Waals surface area contributed by atoms with E-state index in [9.17, 15) is 4.79 Å². The average molecular weight is 285 g/mol. The highest BCUT2D eigenvalue weighted by molar-refractivity contribution is 5.90. The topological polar surface area (TPSA) is 56.1 Å². The minimum Gasteiger partial charge on any atom is -0.326 e. The molecule has 4 heteroatoms. The van der Waals surface area contributed by atoms with Gasteiger partial charge in [-0.3, -0.25) is 4.79 Å². The van der Waals surface area contributed by atoms with E-state index in [2.05, 4.69) is 23.2 Å². The SMILES string of the molecule is CCCN(CCCC(=O)Nc1cccc(C#N)c1)C1CC1. The number of nitrogens with zero attached hydrogens (tertiary/aromatic N) is 2. The highest BCUT2D eigenvalue weighted by Gasteiger charge is 2.27. The lowest BCUT2D eigenvalue weighted by molar-refractivity contribution is -0.116. The minimum atomic E-state index is 0.0253. The molecule has 1 amide bonds. The first-order valence-corrected chi connectivity index (χ1v) is 7.77. The first-order chi connectivity index (χ1) is 10.2. The lowest BCUT2D eigenvalue weighted by atomic mass is 10.2. The number of nitriles is 1. The Morgan fingerprint density at radius 2 is 2.24 bits per heavy atom. The molecule has 21 heavy (non-hydrogen) atoms. The first kappa shape index (κ1) is 15.5. The van der Waals surface area contributed by atoms with E-state index < -0.39 is 0 Å². The fourth-order valence-corrected chi connectivity index (χ4v) is 2.54. The zero-order valence-electron chi connectivity index (χ0n) is 12.6. The lowest BCUT2D eigenvalue weighted by Gasteiger charge is -2.20. The van der Waals surface area contributed by atoms with Gasteiger partial charge in [-0.25, -0.2) is 0 Å². The molecule has 4 nitrogen and oxygen atoms in total. The maximum atomic E-state index is 11.9. The summed E-state index contributed by atoms with van der Waals surface area (Å²) in [5.41, 5.74) is 1.27. The molecule has 1 saturated carbocycles. The number of amides is 1. The quantitative estimate of drug-likeness (QED) is 0.798. The number of hydrogen-bond donors (Lipinski definition) is 1. The second kappa shape index (κ2) is 7.80. The normalized spacial score (nSPS) is 14.0. The summed E-state index contributed by atoms with van der Waals surface area (Å²) >= 11 is 0. The zero-order chi connectivity index (χ0) is 15.1.